The van der Waals surface area contributed by atoms with E-state index >= 15 is 0 Å². The number of urea groups is 1. The summed E-state index contributed by atoms with van der Waals surface area (Å²) in [6, 6.07) is 17.9. The largest absolute Gasteiger partial charge is 0.453 e. The Hall–Kier alpha value is -4.18. The lowest BCUT2D eigenvalue weighted by Gasteiger charge is -2.32. The van der Waals surface area contributed by atoms with E-state index in [4.69, 9.17) is 0 Å². The topological polar surface area (TPSA) is 94.2 Å². The molecule has 1 aliphatic rings. The molecule has 0 bridgehead atoms. The van der Waals surface area contributed by atoms with Gasteiger partial charge in [0.1, 0.15) is 0 Å². The van der Waals surface area contributed by atoms with Crippen LogP contribution >= 0.6 is 11.8 Å². The zero-order valence-corrected chi connectivity index (χ0v) is 22.2. The fourth-order valence-corrected chi connectivity index (χ4v) is 4.98. The molecule has 0 aromatic heterocycles. The lowest BCUT2D eigenvalue weighted by Crippen LogP contribution is -2.41. The van der Waals surface area contributed by atoms with Crippen molar-refractivity contribution in [3.05, 3.63) is 71.8 Å². The van der Waals surface area contributed by atoms with E-state index in [0.29, 0.717) is 22.5 Å². The first-order valence-corrected chi connectivity index (χ1v) is 12.4. The minimum atomic E-state index is -0.569. The van der Waals surface area contributed by atoms with Crippen LogP contribution in [0, 0.1) is 0 Å². The number of carbonyl (C=O) groups excluding carboxylic acids is 3. The van der Waals surface area contributed by atoms with E-state index in [-0.39, 0.29) is 6.54 Å². The fraction of sp³-hybridized carbons (Fsp3) is 0.222. The van der Waals surface area contributed by atoms with Gasteiger partial charge in [-0.15, -0.1) is 0 Å². The van der Waals surface area contributed by atoms with Crippen LogP contribution in [0.4, 0.5) is 32.3 Å². The lowest BCUT2D eigenvalue weighted by molar-refractivity contribution is 0.0966. The van der Waals surface area contributed by atoms with Gasteiger partial charge in [0, 0.05) is 61.5 Å². The summed E-state index contributed by atoms with van der Waals surface area (Å²) in [5.41, 5.74) is 4.40. The third-order valence-corrected chi connectivity index (χ3v) is 6.95. The normalized spacial score (nSPS) is 11.6. The molecule has 1 heterocycles. The van der Waals surface area contributed by atoms with Crippen molar-refractivity contribution in [2.75, 3.05) is 50.0 Å². The lowest BCUT2D eigenvalue weighted by atomic mass is 10.1. The summed E-state index contributed by atoms with van der Waals surface area (Å²) in [6.45, 7) is 0.189. The Kier molecular flexibility index (Phi) is 7.58. The zero-order valence-electron chi connectivity index (χ0n) is 21.4. The average Bonchev–Trinajstić information content (AvgIpc) is 2.89. The number of alkyl carbamates (subject to hydrolysis) is 1. The van der Waals surface area contributed by atoms with Crippen molar-refractivity contribution in [2.45, 2.75) is 16.3 Å². The molecule has 0 spiro atoms. The molecule has 2 N–H and O–H groups in total. The molecule has 4 rings (SSSR count). The van der Waals surface area contributed by atoms with Crippen molar-refractivity contribution in [3.63, 3.8) is 0 Å². The van der Waals surface area contributed by atoms with Gasteiger partial charge in [-0.1, -0.05) is 23.9 Å². The van der Waals surface area contributed by atoms with Crippen molar-refractivity contribution < 1.29 is 19.1 Å². The molecule has 1 aliphatic heterocycles. The summed E-state index contributed by atoms with van der Waals surface area (Å²) in [4.78, 5) is 45.4. The molecule has 0 radical (unpaired) electrons. The van der Waals surface area contributed by atoms with Gasteiger partial charge >= 0.3 is 12.1 Å². The number of anilines is 4. The highest BCUT2D eigenvalue weighted by atomic mass is 32.2. The van der Waals surface area contributed by atoms with Crippen molar-refractivity contribution in [1.82, 2.24) is 10.6 Å². The predicted molar refractivity (Wildman–Crippen MR) is 146 cm³/mol. The van der Waals surface area contributed by atoms with Gasteiger partial charge in [0.15, 0.2) is 0 Å². The molecular weight excluding hydrogens is 490 g/mol. The van der Waals surface area contributed by atoms with Crippen LogP contribution in [0.25, 0.3) is 0 Å². The molecule has 0 saturated carbocycles. The molecule has 0 unspecified atom stereocenters. The second-order valence-electron chi connectivity index (χ2n) is 8.84. The van der Waals surface area contributed by atoms with Crippen LogP contribution in [0.3, 0.4) is 0 Å². The number of benzene rings is 3. The maximum Gasteiger partial charge on any atom is 0.407 e. The molecule has 10 heteroatoms. The zero-order chi connectivity index (χ0) is 26.7. The van der Waals surface area contributed by atoms with Crippen LogP contribution < -0.4 is 25.3 Å². The average molecular weight is 520 g/mol. The Labute approximate surface area is 220 Å². The minimum absolute atomic E-state index is 0.189. The van der Waals surface area contributed by atoms with Crippen LogP contribution in [-0.4, -0.2) is 53.3 Å². The first kappa shape index (κ1) is 25.9. The minimum Gasteiger partial charge on any atom is -0.453 e. The molecule has 0 saturated heterocycles. The van der Waals surface area contributed by atoms with Gasteiger partial charge < -0.3 is 19.9 Å². The molecule has 0 aliphatic carbocycles. The Bertz CT molecular complexity index is 1300. The van der Waals surface area contributed by atoms with Gasteiger partial charge in [0.2, 0.25) is 0 Å². The van der Waals surface area contributed by atoms with E-state index in [9.17, 15) is 14.4 Å². The number of methoxy groups -OCH3 is 1. The smallest absolute Gasteiger partial charge is 0.407 e. The maximum atomic E-state index is 13.6. The number of ether oxygens (including phenoxy) is 1. The standard InChI is InChI=1S/C27H29N5O4S/c1-30(2)19-9-11-21-23(14-19)37-24-15-20(31(3)4)10-12-22(24)32(21)26(34)29-25(33)18-8-6-7-17(13-18)16-28-27(35)36-5/h6-15H,16H2,1-5H3,(H,28,35)(H,29,33,34). The Morgan fingerprint density at radius 3 is 2.00 bits per heavy atom. The number of hydrogen-bond donors (Lipinski definition) is 2. The third kappa shape index (κ3) is 5.64. The van der Waals surface area contributed by atoms with Gasteiger partial charge in [0.25, 0.3) is 5.91 Å². The third-order valence-electron chi connectivity index (χ3n) is 5.86. The first-order chi connectivity index (χ1) is 17.7. The Morgan fingerprint density at radius 2 is 1.46 bits per heavy atom. The fourth-order valence-electron chi connectivity index (χ4n) is 3.86. The molecule has 37 heavy (non-hydrogen) atoms. The first-order valence-electron chi connectivity index (χ1n) is 11.5. The van der Waals surface area contributed by atoms with Crippen molar-refractivity contribution in [3.8, 4) is 0 Å². The van der Waals surface area contributed by atoms with E-state index in [1.165, 1.54) is 7.11 Å². The van der Waals surface area contributed by atoms with Gasteiger partial charge in [0.05, 0.1) is 18.5 Å². The van der Waals surface area contributed by atoms with Gasteiger partial charge in [-0.3, -0.25) is 15.0 Å². The van der Waals surface area contributed by atoms with Gasteiger partial charge in [-0.05, 0) is 54.1 Å². The summed E-state index contributed by atoms with van der Waals surface area (Å²) in [5.74, 6) is -0.541. The molecule has 9 nitrogen and oxygen atoms in total. The van der Waals surface area contributed by atoms with Crippen LogP contribution in [0.1, 0.15) is 15.9 Å². The van der Waals surface area contributed by atoms with E-state index < -0.39 is 18.0 Å². The second kappa shape index (κ2) is 10.8. The molecule has 3 aromatic rings. The number of nitrogens with zero attached hydrogens (tertiary/aromatic N) is 3. The van der Waals surface area contributed by atoms with E-state index in [0.717, 1.165) is 21.2 Å². The summed E-state index contributed by atoms with van der Waals surface area (Å²) in [6.07, 6.45) is -0.569. The van der Waals surface area contributed by atoms with E-state index in [1.54, 1.807) is 40.9 Å². The molecular formula is C27H29N5O4S. The molecule has 192 valence electrons. The van der Waals surface area contributed by atoms with Crippen molar-refractivity contribution >= 4 is 52.5 Å². The highest BCUT2D eigenvalue weighted by molar-refractivity contribution is 7.99. The van der Waals surface area contributed by atoms with Crippen LogP contribution in [0.15, 0.2) is 70.5 Å². The van der Waals surface area contributed by atoms with Gasteiger partial charge in [-0.2, -0.15) is 0 Å². The highest BCUT2D eigenvalue weighted by Gasteiger charge is 2.30. The molecule has 0 atom stereocenters. The number of imide groups is 1. The van der Waals surface area contributed by atoms with Crippen LogP contribution in [0.5, 0.6) is 0 Å². The SMILES string of the molecule is COC(=O)NCc1cccc(C(=O)NC(=O)N2c3ccc(N(C)C)cc3Sc3cc(N(C)C)ccc32)c1. The monoisotopic (exact) mass is 519 g/mol. The van der Waals surface area contributed by atoms with E-state index in [2.05, 4.69) is 15.4 Å². The summed E-state index contributed by atoms with van der Waals surface area (Å²) in [7, 11) is 9.13. The number of hydrogen-bond acceptors (Lipinski definition) is 7. The van der Waals surface area contributed by atoms with Crippen LogP contribution in [0.2, 0.25) is 0 Å². The number of carbonyl (C=O) groups is 3. The van der Waals surface area contributed by atoms with Crippen molar-refractivity contribution in [1.29, 1.82) is 0 Å². The summed E-state index contributed by atoms with van der Waals surface area (Å²) >= 11 is 1.59. The van der Waals surface area contributed by atoms with Crippen LogP contribution in [-0.2, 0) is 11.3 Å². The number of amides is 4. The number of nitrogens with one attached hydrogen (secondary N) is 2. The van der Waals surface area contributed by atoms with Crippen molar-refractivity contribution in [2.24, 2.45) is 0 Å². The summed E-state index contributed by atoms with van der Waals surface area (Å²) in [5, 5.41) is 5.11. The number of fused-ring (bicyclic) bond motifs is 2. The second-order valence-corrected chi connectivity index (χ2v) is 9.92. The Balaban J connectivity index is 1.64. The molecule has 3 aromatic carbocycles. The summed E-state index contributed by atoms with van der Waals surface area (Å²) < 4.78 is 4.58. The molecule has 0 fully saturated rings. The number of rotatable bonds is 5. The highest BCUT2D eigenvalue weighted by Crippen LogP contribution is 2.50. The predicted octanol–water partition coefficient (Wildman–Crippen LogP) is 4.83. The maximum absolute atomic E-state index is 13.6. The molecule has 4 amide bonds. The Morgan fingerprint density at radius 1 is 0.865 bits per heavy atom. The quantitative estimate of drug-likeness (QED) is 0.499. The van der Waals surface area contributed by atoms with E-state index in [1.807, 2.05) is 74.4 Å². The van der Waals surface area contributed by atoms with Gasteiger partial charge in [-0.25, -0.2) is 9.59 Å².